The molecular weight excluding hydrogens is 390 g/mol. The van der Waals surface area contributed by atoms with E-state index in [0.29, 0.717) is 30.2 Å². The van der Waals surface area contributed by atoms with E-state index in [-0.39, 0.29) is 10.5 Å². The predicted molar refractivity (Wildman–Crippen MR) is 111 cm³/mol. The lowest BCUT2D eigenvalue weighted by Crippen LogP contribution is -2.23. The van der Waals surface area contributed by atoms with E-state index < -0.39 is 9.84 Å². The number of anilines is 1. The van der Waals surface area contributed by atoms with Gasteiger partial charge in [0.2, 0.25) is 5.95 Å². The number of ether oxygens (including phenoxy) is 1. The van der Waals surface area contributed by atoms with Gasteiger partial charge in [-0.05, 0) is 29.3 Å². The molecule has 150 valence electrons. The van der Waals surface area contributed by atoms with Gasteiger partial charge in [0.1, 0.15) is 5.75 Å². The van der Waals surface area contributed by atoms with Crippen LogP contribution in [-0.4, -0.2) is 30.8 Å². The number of nitrogens with one attached hydrogen (secondary N) is 1. The summed E-state index contributed by atoms with van der Waals surface area (Å²) >= 11 is 0. The van der Waals surface area contributed by atoms with Crippen molar-refractivity contribution in [2.45, 2.75) is 17.9 Å². The summed E-state index contributed by atoms with van der Waals surface area (Å²) in [5.41, 5.74) is 3.13. The van der Waals surface area contributed by atoms with Gasteiger partial charge < -0.3 is 10.1 Å². The Morgan fingerprint density at radius 1 is 1.17 bits per heavy atom. The van der Waals surface area contributed by atoms with Gasteiger partial charge in [0.25, 0.3) is 5.56 Å². The lowest BCUT2D eigenvalue weighted by molar-refractivity contribution is 0.357. The fraction of sp³-hybridized carbons (Fsp3) is 0.238. The summed E-state index contributed by atoms with van der Waals surface area (Å²) in [5, 5.41) is 3.22. The Kier molecular flexibility index (Phi) is 4.87. The normalized spacial score (nSPS) is 13.0. The number of rotatable bonds is 5. The molecule has 1 N–H and O–H groups in total. The molecule has 0 unspecified atom stereocenters. The highest BCUT2D eigenvalue weighted by molar-refractivity contribution is 7.90. The molecule has 0 fully saturated rings. The van der Waals surface area contributed by atoms with Crippen molar-refractivity contribution in [3.63, 3.8) is 0 Å². The molecular formula is C21H21N3O4S. The zero-order valence-electron chi connectivity index (χ0n) is 16.2. The summed E-state index contributed by atoms with van der Waals surface area (Å²) in [7, 11) is -1.63. The SMILES string of the molecule is Cn1c(NCc2cccc3c2CCO3)ncc(-c2ccc(S(C)(=O)=O)cc2)c1=O. The maximum Gasteiger partial charge on any atom is 0.262 e. The highest BCUT2D eigenvalue weighted by Crippen LogP contribution is 2.28. The van der Waals surface area contributed by atoms with Crippen molar-refractivity contribution in [3.05, 3.63) is 70.1 Å². The smallest absolute Gasteiger partial charge is 0.262 e. The van der Waals surface area contributed by atoms with E-state index in [1.165, 1.54) is 28.5 Å². The first kappa shape index (κ1) is 19.2. The Morgan fingerprint density at radius 3 is 2.66 bits per heavy atom. The molecule has 1 aliphatic heterocycles. The molecule has 2 heterocycles. The van der Waals surface area contributed by atoms with Crippen molar-refractivity contribution in [1.29, 1.82) is 0 Å². The number of hydrogen-bond acceptors (Lipinski definition) is 6. The molecule has 7 nitrogen and oxygen atoms in total. The van der Waals surface area contributed by atoms with Crippen molar-refractivity contribution in [2.75, 3.05) is 18.2 Å². The van der Waals surface area contributed by atoms with Gasteiger partial charge in [0.15, 0.2) is 9.84 Å². The molecule has 3 aromatic rings. The van der Waals surface area contributed by atoms with E-state index >= 15 is 0 Å². The standard InChI is InChI=1S/C21H21N3O4S/c1-24-20(25)18(14-6-8-16(9-7-14)29(2,26)27)13-23-21(24)22-12-15-4-3-5-19-17(15)10-11-28-19/h3-9,13H,10-12H2,1-2H3,(H,22,23). The van der Waals surface area contributed by atoms with Crippen LogP contribution in [0.4, 0.5) is 5.95 Å². The van der Waals surface area contributed by atoms with Gasteiger partial charge >= 0.3 is 0 Å². The van der Waals surface area contributed by atoms with Crippen LogP contribution in [0.3, 0.4) is 0 Å². The number of aromatic nitrogens is 2. The van der Waals surface area contributed by atoms with Crippen LogP contribution in [0.1, 0.15) is 11.1 Å². The van der Waals surface area contributed by atoms with E-state index in [0.717, 1.165) is 24.0 Å². The fourth-order valence-corrected chi connectivity index (χ4v) is 4.05. The van der Waals surface area contributed by atoms with Gasteiger partial charge in [-0.25, -0.2) is 13.4 Å². The Morgan fingerprint density at radius 2 is 1.93 bits per heavy atom. The van der Waals surface area contributed by atoms with Crippen LogP contribution in [0.25, 0.3) is 11.1 Å². The summed E-state index contributed by atoms with van der Waals surface area (Å²) < 4.78 is 30.3. The van der Waals surface area contributed by atoms with Crippen LogP contribution >= 0.6 is 0 Å². The van der Waals surface area contributed by atoms with E-state index in [1.807, 2.05) is 18.2 Å². The number of benzene rings is 2. The topological polar surface area (TPSA) is 90.3 Å². The van der Waals surface area contributed by atoms with Crippen molar-refractivity contribution < 1.29 is 13.2 Å². The van der Waals surface area contributed by atoms with Crippen LogP contribution in [0, 0.1) is 0 Å². The van der Waals surface area contributed by atoms with Crippen molar-refractivity contribution in [3.8, 4) is 16.9 Å². The predicted octanol–water partition coefficient (Wildman–Crippen LogP) is 2.40. The van der Waals surface area contributed by atoms with Gasteiger partial charge in [-0.1, -0.05) is 24.3 Å². The maximum absolute atomic E-state index is 12.8. The van der Waals surface area contributed by atoms with Crippen LogP contribution < -0.4 is 15.6 Å². The minimum absolute atomic E-state index is 0.212. The number of sulfone groups is 1. The largest absolute Gasteiger partial charge is 0.493 e. The summed E-state index contributed by atoms with van der Waals surface area (Å²) in [5.74, 6) is 1.38. The number of hydrogen-bond donors (Lipinski definition) is 1. The molecule has 1 aliphatic rings. The molecule has 29 heavy (non-hydrogen) atoms. The molecule has 1 aromatic heterocycles. The number of nitrogens with zero attached hydrogens (tertiary/aromatic N) is 2. The van der Waals surface area contributed by atoms with Crippen LogP contribution in [0.5, 0.6) is 5.75 Å². The Bertz CT molecular complexity index is 1230. The van der Waals surface area contributed by atoms with Gasteiger partial charge in [-0.2, -0.15) is 0 Å². The quantitative estimate of drug-likeness (QED) is 0.693. The molecule has 8 heteroatoms. The van der Waals surface area contributed by atoms with Crippen molar-refractivity contribution in [2.24, 2.45) is 7.05 Å². The fourth-order valence-electron chi connectivity index (χ4n) is 3.42. The molecule has 0 amide bonds. The first-order valence-electron chi connectivity index (χ1n) is 9.18. The molecule has 0 radical (unpaired) electrons. The van der Waals surface area contributed by atoms with Crippen molar-refractivity contribution in [1.82, 2.24) is 9.55 Å². The third-order valence-electron chi connectivity index (χ3n) is 5.04. The lowest BCUT2D eigenvalue weighted by Gasteiger charge is -2.13. The third-order valence-corrected chi connectivity index (χ3v) is 6.17. The van der Waals surface area contributed by atoms with E-state index in [9.17, 15) is 13.2 Å². The van der Waals surface area contributed by atoms with Gasteiger partial charge in [0.05, 0.1) is 17.1 Å². The summed E-state index contributed by atoms with van der Waals surface area (Å²) in [6.07, 6.45) is 3.54. The first-order valence-corrected chi connectivity index (χ1v) is 11.1. The Labute approximate surface area is 168 Å². The Balaban J connectivity index is 1.58. The van der Waals surface area contributed by atoms with Gasteiger partial charge in [-0.3, -0.25) is 9.36 Å². The van der Waals surface area contributed by atoms with Gasteiger partial charge in [-0.15, -0.1) is 0 Å². The first-order chi connectivity index (χ1) is 13.8. The second kappa shape index (κ2) is 7.36. The summed E-state index contributed by atoms with van der Waals surface area (Å²) in [6.45, 7) is 1.23. The minimum Gasteiger partial charge on any atom is -0.493 e. The monoisotopic (exact) mass is 411 g/mol. The zero-order valence-corrected chi connectivity index (χ0v) is 17.0. The highest BCUT2D eigenvalue weighted by atomic mass is 32.2. The molecule has 2 aromatic carbocycles. The molecule has 0 atom stereocenters. The molecule has 4 rings (SSSR count). The highest BCUT2D eigenvalue weighted by Gasteiger charge is 2.16. The summed E-state index contributed by atoms with van der Waals surface area (Å²) in [6, 6.07) is 12.2. The van der Waals surface area contributed by atoms with E-state index in [4.69, 9.17) is 4.74 Å². The Hall–Kier alpha value is -3.13. The van der Waals surface area contributed by atoms with Crippen LogP contribution in [0.2, 0.25) is 0 Å². The summed E-state index contributed by atoms with van der Waals surface area (Å²) in [4.78, 5) is 17.4. The molecule has 0 spiro atoms. The molecule has 0 bridgehead atoms. The minimum atomic E-state index is -3.28. The van der Waals surface area contributed by atoms with Crippen LogP contribution in [-0.2, 0) is 29.9 Å². The zero-order chi connectivity index (χ0) is 20.6. The molecule has 0 aliphatic carbocycles. The van der Waals surface area contributed by atoms with E-state index in [2.05, 4.69) is 10.3 Å². The number of fused-ring (bicyclic) bond motifs is 1. The maximum atomic E-state index is 12.8. The second-order valence-electron chi connectivity index (χ2n) is 7.00. The third kappa shape index (κ3) is 3.75. The van der Waals surface area contributed by atoms with Crippen LogP contribution in [0.15, 0.2) is 58.4 Å². The molecule has 0 saturated carbocycles. The van der Waals surface area contributed by atoms with Crippen molar-refractivity contribution >= 4 is 15.8 Å². The average Bonchev–Trinajstić information content (AvgIpc) is 3.18. The molecule has 0 saturated heterocycles. The van der Waals surface area contributed by atoms with Gasteiger partial charge in [0, 0.05) is 38.0 Å². The van der Waals surface area contributed by atoms with E-state index in [1.54, 1.807) is 19.2 Å². The second-order valence-corrected chi connectivity index (χ2v) is 9.02. The average molecular weight is 411 g/mol. The lowest BCUT2D eigenvalue weighted by atomic mass is 10.1.